The quantitative estimate of drug-likeness (QED) is 0.645. The fourth-order valence-corrected chi connectivity index (χ4v) is 1.56. The van der Waals surface area contributed by atoms with Crippen LogP contribution in [-0.4, -0.2) is 19.1 Å². The highest BCUT2D eigenvalue weighted by Gasteiger charge is 2.03. The first-order chi connectivity index (χ1) is 8.13. The summed E-state index contributed by atoms with van der Waals surface area (Å²) in [7, 11) is 0. The van der Waals surface area contributed by atoms with Gasteiger partial charge in [0.05, 0.1) is 6.61 Å². The Balaban J connectivity index is 2.34. The summed E-state index contributed by atoms with van der Waals surface area (Å²) in [6.07, 6.45) is 1.95. The molecule has 0 amide bonds. The molecule has 1 aromatic rings. The second-order valence-electron chi connectivity index (χ2n) is 3.89. The molecule has 0 fully saturated rings. The number of unbranched alkanes of at least 4 members (excludes halogenated alkanes) is 1. The van der Waals surface area contributed by atoms with Gasteiger partial charge in [0, 0.05) is 10.2 Å². The SMILES string of the molecule is CCCCOC(=O)CNc1ccc(Br)c(C)c1. The summed E-state index contributed by atoms with van der Waals surface area (Å²) in [6, 6.07) is 5.87. The number of nitrogens with one attached hydrogen (secondary N) is 1. The molecule has 0 radical (unpaired) electrons. The van der Waals surface area contributed by atoms with Gasteiger partial charge >= 0.3 is 5.97 Å². The van der Waals surface area contributed by atoms with Crippen LogP contribution in [0.25, 0.3) is 0 Å². The van der Waals surface area contributed by atoms with Crippen LogP contribution in [0.4, 0.5) is 5.69 Å². The van der Waals surface area contributed by atoms with Gasteiger partial charge in [0.2, 0.25) is 0 Å². The summed E-state index contributed by atoms with van der Waals surface area (Å²) in [5.41, 5.74) is 2.06. The minimum Gasteiger partial charge on any atom is -0.464 e. The summed E-state index contributed by atoms with van der Waals surface area (Å²) >= 11 is 3.43. The van der Waals surface area contributed by atoms with Crippen molar-refractivity contribution in [3.63, 3.8) is 0 Å². The van der Waals surface area contributed by atoms with E-state index < -0.39 is 0 Å². The Morgan fingerprint density at radius 2 is 2.24 bits per heavy atom. The van der Waals surface area contributed by atoms with Crippen LogP contribution in [0.15, 0.2) is 22.7 Å². The number of carbonyl (C=O) groups is 1. The average Bonchev–Trinajstić information content (AvgIpc) is 2.31. The van der Waals surface area contributed by atoms with Crippen molar-refractivity contribution in [1.82, 2.24) is 0 Å². The first-order valence-electron chi connectivity index (χ1n) is 5.79. The van der Waals surface area contributed by atoms with Crippen molar-refractivity contribution in [2.24, 2.45) is 0 Å². The van der Waals surface area contributed by atoms with Crippen molar-refractivity contribution in [2.45, 2.75) is 26.7 Å². The molecule has 0 atom stereocenters. The third-order valence-electron chi connectivity index (χ3n) is 2.36. The number of aryl methyl sites for hydroxylation is 1. The molecule has 94 valence electrons. The molecule has 4 heteroatoms. The lowest BCUT2D eigenvalue weighted by Gasteiger charge is -2.08. The van der Waals surface area contributed by atoms with Crippen molar-refractivity contribution in [3.05, 3.63) is 28.2 Å². The molecule has 0 aliphatic carbocycles. The monoisotopic (exact) mass is 299 g/mol. The van der Waals surface area contributed by atoms with E-state index in [1.165, 1.54) is 0 Å². The van der Waals surface area contributed by atoms with Crippen molar-refractivity contribution < 1.29 is 9.53 Å². The van der Waals surface area contributed by atoms with Crippen molar-refractivity contribution in [1.29, 1.82) is 0 Å². The lowest BCUT2D eigenvalue weighted by Crippen LogP contribution is -2.17. The second-order valence-corrected chi connectivity index (χ2v) is 4.75. The Labute approximate surface area is 111 Å². The molecule has 3 nitrogen and oxygen atoms in total. The predicted octanol–water partition coefficient (Wildman–Crippen LogP) is 3.51. The van der Waals surface area contributed by atoms with Crippen LogP contribution in [-0.2, 0) is 9.53 Å². The Bertz CT molecular complexity index is 380. The highest BCUT2D eigenvalue weighted by molar-refractivity contribution is 9.10. The summed E-state index contributed by atoms with van der Waals surface area (Å²) in [5.74, 6) is -0.209. The van der Waals surface area contributed by atoms with E-state index in [1.807, 2.05) is 25.1 Å². The smallest absolute Gasteiger partial charge is 0.325 e. The van der Waals surface area contributed by atoms with Gasteiger partial charge in [-0.15, -0.1) is 0 Å². The van der Waals surface area contributed by atoms with E-state index in [0.29, 0.717) is 6.61 Å². The van der Waals surface area contributed by atoms with E-state index in [-0.39, 0.29) is 12.5 Å². The number of anilines is 1. The van der Waals surface area contributed by atoms with Gasteiger partial charge in [-0.3, -0.25) is 4.79 Å². The maximum absolute atomic E-state index is 11.3. The highest BCUT2D eigenvalue weighted by Crippen LogP contribution is 2.19. The van der Waals surface area contributed by atoms with Crippen molar-refractivity contribution in [2.75, 3.05) is 18.5 Å². The Morgan fingerprint density at radius 3 is 2.88 bits per heavy atom. The second kappa shape index (κ2) is 7.33. The summed E-state index contributed by atoms with van der Waals surface area (Å²) < 4.78 is 6.11. The largest absolute Gasteiger partial charge is 0.464 e. The summed E-state index contributed by atoms with van der Waals surface area (Å²) in [5, 5.41) is 3.04. The standard InChI is InChI=1S/C13H18BrNO2/c1-3-4-7-17-13(16)9-15-11-5-6-12(14)10(2)8-11/h5-6,8,15H,3-4,7,9H2,1-2H3. The maximum atomic E-state index is 11.3. The maximum Gasteiger partial charge on any atom is 0.325 e. The Hall–Kier alpha value is -1.03. The Kier molecular flexibility index (Phi) is 6.05. The van der Waals surface area contributed by atoms with Gasteiger partial charge in [0.15, 0.2) is 0 Å². The molecule has 1 aromatic carbocycles. The van der Waals surface area contributed by atoms with Crippen LogP contribution in [0.5, 0.6) is 0 Å². The number of ether oxygens (including phenoxy) is 1. The molecular weight excluding hydrogens is 282 g/mol. The number of halogens is 1. The normalized spacial score (nSPS) is 10.1. The van der Waals surface area contributed by atoms with Crippen LogP contribution < -0.4 is 5.32 Å². The zero-order valence-electron chi connectivity index (χ0n) is 10.3. The highest BCUT2D eigenvalue weighted by atomic mass is 79.9. The number of hydrogen-bond donors (Lipinski definition) is 1. The third kappa shape index (κ3) is 5.22. The minimum absolute atomic E-state index is 0.209. The van der Waals surface area contributed by atoms with Gasteiger partial charge in [-0.25, -0.2) is 0 Å². The Morgan fingerprint density at radius 1 is 1.47 bits per heavy atom. The van der Waals surface area contributed by atoms with Gasteiger partial charge in [-0.1, -0.05) is 29.3 Å². The molecule has 0 saturated heterocycles. The van der Waals surface area contributed by atoms with Crippen LogP contribution in [0.1, 0.15) is 25.3 Å². The predicted molar refractivity (Wildman–Crippen MR) is 73.2 cm³/mol. The van der Waals surface area contributed by atoms with Crippen LogP contribution in [0.2, 0.25) is 0 Å². The van der Waals surface area contributed by atoms with Crippen LogP contribution >= 0.6 is 15.9 Å². The lowest BCUT2D eigenvalue weighted by atomic mass is 10.2. The van der Waals surface area contributed by atoms with Crippen molar-refractivity contribution >= 4 is 27.6 Å². The number of rotatable bonds is 6. The van der Waals surface area contributed by atoms with E-state index in [1.54, 1.807) is 0 Å². The van der Waals surface area contributed by atoms with Crippen LogP contribution in [0, 0.1) is 6.92 Å². The van der Waals surface area contributed by atoms with Gasteiger partial charge in [-0.05, 0) is 37.1 Å². The fraction of sp³-hybridized carbons (Fsp3) is 0.462. The molecule has 0 saturated carbocycles. The summed E-state index contributed by atoms with van der Waals surface area (Å²) in [6.45, 7) is 4.80. The van der Waals surface area contributed by atoms with E-state index >= 15 is 0 Å². The molecule has 0 unspecified atom stereocenters. The summed E-state index contributed by atoms with van der Waals surface area (Å²) in [4.78, 5) is 11.3. The zero-order valence-corrected chi connectivity index (χ0v) is 11.8. The topological polar surface area (TPSA) is 38.3 Å². The first kappa shape index (κ1) is 14.0. The molecule has 1 N–H and O–H groups in total. The van der Waals surface area contributed by atoms with Crippen LogP contribution in [0.3, 0.4) is 0 Å². The van der Waals surface area contributed by atoms with Gasteiger partial charge in [0.25, 0.3) is 0 Å². The molecule has 0 heterocycles. The van der Waals surface area contributed by atoms with E-state index in [2.05, 4.69) is 28.2 Å². The number of esters is 1. The zero-order chi connectivity index (χ0) is 12.7. The van der Waals surface area contributed by atoms with Gasteiger partial charge in [-0.2, -0.15) is 0 Å². The number of hydrogen-bond acceptors (Lipinski definition) is 3. The molecule has 0 aliphatic rings. The number of benzene rings is 1. The lowest BCUT2D eigenvalue weighted by molar-refractivity contribution is -0.141. The average molecular weight is 300 g/mol. The minimum atomic E-state index is -0.209. The molecule has 0 bridgehead atoms. The molecule has 17 heavy (non-hydrogen) atoms. The molecule has 0 aromatic heterocycles. The third-order valence-corrected chi connectivity index (χ3v) is 3.25. The van der Waals surface area contributed by atoms with E-state index in [9.17, 15) is 4.79 Å². The van der Waals surface area contributed by atoms with Crippen molar-refractivity contribution in [3.8, 4) is 0 Å². The van der Waals surface area contributed by atoms with E-state index in [0.717, 1.165) is 28.6 Å². The molecule has 0 aliphatic heterocycles. The van der Waals surface area contributed by atoms with E-state index in [4.69, 9.17) is 4.74 Å². The van der Waals surface area contributed by atoms with Gasteiger partial charge in [0.1, 0.15) is 6.54 Å². The number of carbonyl (C=O) groups excluding carboxylic acids is 1. The van der Waals surface area contributed by atoms with Gasteiger partial charge < -0.3 is 10.1 Å². The molecule has 0 spiro atoms. The molecular formula is C13H18BrNO2. The fourth-order valence-electron chi connectivity index (χ4n) is 1.31. The first-order valence-corrected chi connectivity index (χ1v) is 6.58. The molecule has 1 rings (SSSR count).